The Morgan fingerprint density at radius 3 is 2.27 bits per heavy atom. The molecule has 0 aromatic heterocycles. The number of aryl methyl sites for hydroxylation is 1. The highest BCUT2D eigenvalue weighted by atomic mass is 32.2. The summed E-state index contributed by atoms with van der Waals surface area (Å²) < 4.78 is 33.0. The molecule has 0 aliphatic carbocycles. The molecule has 0 N–H and O–H groups in total. The van der Waals surface area contributed by atoms with E-state index in [1.165, 1.54) is 11.0 Å². The number of urea groups is 1. The molecule has 1 heterocycles. The van der Waals surface area contributed by atoms with E-state index in [0.29, 0.717) is 18.0 Å². The Balaban J connectivity index is 1.82. The highest BCUT2D eigenvalue weighted by molar-refractivity contribution is 7.94. The number of para-hydroxylation sites is 1. The van der Waals surface area contributed by atoms with Crippen molar-refractivity contribution in [3.63, 3.8) is 0 Å². The van der Waals surface area contributed by atoms with Gasteiger partial charge in [0.15, 0.2) is 0 Å². The van der Waals surface area contributed by atoms with Crippen LogP contribution in [0, 0.1) is 6.92 Å². The normalized spacial score (nSPS) is 15.1. The number of sulfonamides is 1. The maximum atomic E-state index is 13.5. The van der Waals surface area contributed by atoms with E-state index in [0.717, 1.165) is 15.4 Å². The summed E-state index contributed by atoms with van der Waals surface area (Å²) in [5.41, 5.74) is 2.64. The van der Waals surface area contributed by atoms with Gasteiger partial charge in [0.2, 0.25) is 0 Å². The van der Waals surface area contributed by atoms with Crippen molar-refractivity contribution < 1.29 is 17.9 Å². The number of hydrogen-bond donors (Lipinski definition) is 0. The van der Waals surface area contributed by atoms with Crippen molar-refractivity contribution in [1.82, 2.24) is 0 Å². The van der Waals surface area contributed by atoms with Crippen LogP contribution < -0.4 is 13.9 Å². The number of hydrogen-bond acceptors (Lipinski definition) is 4. The Kier molecular flexibility index (Phi) is 5.22. The number of carbonyl (C=O) groups excluding carboxylic acids is 1. The number of ether oxygens (including phenoxy) is 1. The van der Waals surface area contributed by atoms with Crippen LogP contribution in [0.1, 0.15) is 18.1 Å². The molecule has 154 valence electrons. The van der Waals surface area contributed by atoms with E-state index in [4.69, 9.17) is 4.74 Å². The zero-order valence-corrected chi connectivity index (χ0v) is 17.6. The molecule has 0 radical (unpaired) electrons. The summed E-state index contributed by atoms with van der Waals surface area (Å²) in [5, 5.41) is 0. The monoisotopic (exact) mass is 422 g/mol. The fourth-order valence-corrected chi connectivity index (χ4v) is 5.11. The first-order chi connectivity index (χ1) is 14.4. The molecule has 0 atom stereocenters. The number of rotatable bonds is 5. The molecule has 1 aliphatic rings. The average molecular weight is 423 g/mol. The van der Waals surface area contributed by atoms with Gasteiger partial charge in [-0.25, -0.2) is 13.2 Å². The number of anilines is 2. The second-order valence-corrected chi connectivity index (χ2v) is 8.71. The Morgan fingerprint density at radius 1 is 0.900 bits per heavy atom. The summed E-state index contributed by atoms with van der Waals surface area (Å²) in [7, 11) is -4.04. The van der Waals surface area contributed by atoms with E-state index in [1.807, 2.05) is 38.1 Å². The third-order valence-corrected chi connectivity index (χ3v) is 6.80. The molecule has 0 saturated carbocycles. The summed E-state index contributed by atoms with van der Waals surface area (Å²) in [4.78, 5) is 15.1. The average Bonchev–Trinajstić information content (AvgIpc) is 2.74. The molecule has 3 aromatic rings. The van der Waals surface area contributed by atoms with E-state index >= 15 is 0 Å². The van der Waals surface area contributed by atoms with Gasteiger partial charge in [-0.3, -0.25) is 4.90 Å². The van der Waals surface area contributed by atoms with Gasteiger partial charge >= 0.3 is 6.03 Å². The van der Waals surface area contributed by atoms with Crippen molar-refractivity contribution in [3.8, 4) is 5.75 Å². The topological polar surface area (TPSA) is 66.9 Å². The van der Waals surface area contributed by atoms with Gasteiger partial charge in [-0.1, -0.05) is 36.4 Å². The molecule has 4 rings (SSSR count). The van der Waals surface area contributed by atoms with Crippen LogP contribution in [0.5, 0.6) is 5.75 Å². The molecular weight excluding hydrogens is 400 g/mol. The maximum absolute atomic E-state index is 13.5. The Labute approximate surface area is 176 Å². The predicted octanol–water partition coefficient (Wildman–Crippen LogP) is 4.73. The van der Waals surface area contributed by atoms with Crippen molar-refractivity contribution in [2.45, 2.75) is 25.3 Å². The van der Waals surface area contributed by atoms with E-state index in [1.54, 1.807) is 42.5 Å². The second-order valence-electron chi connectivity index (χ2n) is 6.96. The van der Waals surface area contributed by atoms with Crippen molar-refractivity contribution in [3.05, 3.63) is 83.9 Å². The molecule has 0 fully saturated rings. The van der Waals surface area contributed by atoms with Gasteiger partial charge in [0.1, 0.15) is 10.6 Å². The molecule has 3 aromatic carbocycles. The largest absolute Gasteiger partial charge is 0.494 e. The second kappa shape index (κ2) is 7.84. The van der Waals surface area contributed by atoms with E-state index < -0.39 is 16.1 Å². The van der Waals surface area contributed by atoms with E-state index in [2.05, 4.69) is 0 Å². The standard InChI is InChI=1S/C23H22N2O4S/c1-3-29-20-14-12-19(13-15-20)25-23(26)24(16-18-9-5-4-8-17(18)2)21-10-6-7-11-22(21)30(25,27)28/h4-15H,3,16H2,1-2H3. The summed E-state index contributed by atoms with van der Waals surface area (Å²) in [5.74, 6) is 0.611. The lowest BCUT2D eigenvalue weighted by Crippen LogP contribution is -2.50. The van der Waals surface area contributed by atoms with Gasteiger partial charge < -0.3 is 4.74 Å². The van der Waals surface area contributed by atoms with Crippen LogP contribution in [-0.4, -0.2) is 21.1 Å². The minimum Gasteiger partial charge on any atom is -0.494 e. The van der Waals surface area contributed by atoms with Gasteiger partial charge in [0, 0.05) is 0 Å². The van der Waals surface area contributed by atoms with Gasteiger partial charge in [-0.2, -0.15) is 4.31 Å². The van der Waals surface area contributed by atoms with Crippen LogP contribution in [0.4, 0.5) is 16.2 Å². The quantitative estimate of drug-likeness (QED) is 0.596. The molecule has 0 saturated heterocycles. The summed E-state index contributed by atoms with van der Waals surface area (Å²) >= 11 is 0. The molecule has 6 nitrogen and oxygen atoms in total. The molecular formula is C23H22N2O4S. The summed E-state index contributed by atoms with van der Waals surface area (Å²) in [6.45, 7) is 4.60. The van der Waals surface area contributed by atoms with Crippen LogP contribution in [0.3, 0.4) is 0 Å². The predicted molar refractivity (Wildman–Crippen MR) is 116 cm³/mol. The van der Waals surface area contributed by atoms with Crippen LogP contribution in [-0.2, 0) is 16.6 Å². The van der Waals surface area contributed by atoms with Crippen molar-refractivity contribution >= 4 is 27.4 Å². The van der Waals surface area contributed by atoms with Crippen molar-refractivity contribution in [2.75, 3.05) is 15.8 Å². The zero-order chi connectivity index (χ0) is 21.3. The van der Waals surface area contributed by atoms with Crippen LogP contribution in [0.2, 0.25) is 0 Å². The molecule has 2 amide bonds. The highest BCUT2D eigenvalue weighted by Gasteiger charge is 2.42. The smallest absolute Gasteiger partial charge is 0.343 e. The number of nitrogens with zero attached hydrogens (tertiary/aromatic N) is 2. The lowest BCUT2D eigenvalue weighted by Gasteiger charge is -2.36. The van der Waals surface area contributed by atoms with E-state index in [9.17, 15) is 13.2 Å². The molecule has 7 heteroatoms. The van der Waals surface area contributed by atoms with Crippen LogP contribution >= 0.6 is 0 Å². The summed E-state index contributed by atoms with van der Waals surface area (Å²) in [6.07, 6.45) is 0. The Morgan fingerprint density at radius 2 is 1.57 bits per heavy atom. The summed E-state index contributed by atoms with van der Waals surface area (Å²) in [6, 6.07) is 20.2. The van der Waals surface area contributed by atoms with Crippen molar-refractivity contribution in [1.29, 1.82) is 0 Å². The third kappa shape index (κ3) is 3.41. The van der Waals surface area contributed by atoms with Gasteiger partial charge in [-0.15, -0.1) is 0 Å². The number of fused-ring (bicyclic) bond motifs is 1. The lowest BCUT2D eigenvalue weighted by atomic mass is 10.1. The van der Waals surface area contributed by atoms with Gasteiger partial charge in [-0.05, 0) is 61.4 Å². The minimum absolute atomic E-state index is 0.104. The van der Waals surface area contributed by atoms with Crippen LogP contribution in [0.25, 0.3) is 0 Å². The number of carbonyl (C=O) groups is 1. The molecule has 1 aliphatic heterocycles. The Hall–Kier alpha value is -3.32. The number of amides is 2. The lowest BCUT2D eigenvalue weighted by molar-refractivity contribution is 0.253. The minimum atomic E-state index is -4.04. The highest BCUT2D eigenvalue weighted by Crippen LogP contribution is 2.38. The molecule has 0 unspecified atom stereocenters. The van der Waals surface area contributed by atoms with Crippen LogP contribution in [0.15, 0.2) is 77.7 Å². The van der Waals surface area contributed by atoms with Gasteiger partial charge in [0.25, 0.3) is 10.0 Å². The molecule has 0 bridgehead atoms. The third-order valence-electron chi connectivity index (χ3n) is 5.05. The molecule has 0 spiro atoms. The fourth-order valence-electron chi connectivity index (χ4n) is 3.52. The SMILES string of the molecule is CCOc1ccc(N2C(=O)N(Cc3ccccc3C)c3ccccc3S2(=O)=O)cc1. The van der Waals surface area contributed by atoms with Crippen molar-refractivity contribution in [2.24, 2.45) is 0 Å². The first-order valence-electron chi connectivity index (χ1n) is 9.66. The van der Waals surface area contributed by atoms with E-state index in [-0.39, 0.29) is 17.1 Å². The fraction of sp³-hybridized carbons (Fsp3) is 0.174. The molecule has 30 heavy (non-hydrogen) atoms. The Bertz CT molecular complexity index is 1190. The first-order valence-corrected chi connectivity index (χ1v) is 11.1. The first kappa shape index (κ1) is 20.0. The van der Waals surface area contributed by atoms with Gasteiger partial charge in [0.05, 0.1) is 24.5 Å². The number of benzene rings is 3. The maximum Gasteiger partial charge on any atom is 0.343 e. The zero-order valence-electron chi connectivity index (χ0n) is 16.8.